The number of aryl methyl sites for hydroxylation is 1. The Balaban J connectivity index is 1.47. The van der Waals surface area contributed by atoms with E-state index in [9.17, 15) is 14.4 Å². The molecule has 190 valence electrons. The first-order chi connectivity index (χ1) is 18.5. The molecule has 0 aliphatic carbocycles. The smallest absolute Gasteiger partial charge is 0.343 e. The molecule has 0 fully saturated rings. The van der Waals surface area contributed by atoms with Crippen LogP contribution in [0.1, 0.15) is 31.8 Å². The number of carbonyl (C=O) groups excluding carboxylic acids is 3. The van der Waals surface area contributed by atoms with Crippen molar-refractivity contribution in [2.45, 2.75) is 6.92 Å². The van der Waals surface area contributed by atoms with Gasteiger partial charge in [-0.15, -0.1) is 0 Å². The van der Waals surface area contributed by atoms with E-state index in [1.165, 1.54) is 18.3 Å². The fourth-order valence-corrected chi connectivity index (χ4v) is 3.31. The summed E-state index contributed by atoms with van der Waals surface area (Å²) in [6.07, 6.45) is 1.32. The van der Waals surface area contributed by atoms with Crippen molar-refractivity contribution in [3.8, 4) is 17.2 Å². The minimum absolute atomic E-state index is 0.0891. The van der Waals surface area contributed by atoms with E-state index in [4.69, 9.17) is 14.2 Å². The van der Waals surface area contributed by atoms with E-state index < -0.39 is 17.8 Å². The molecule has 4 aromatic carbocycles. The number of benzene rings is 4. The van der Waals surface area contributed by atoms with Crippen LogP contribution in [-0.2, 0) is 4.79 Å². The van der Waals surface area contributed by atoms with Crippen LogP contribution in [0.25, 0.3) is 0 Å². The fraction of sp³-hybridized carbons (Fsp3) is 0.0667. The molecule has 0 unspecified atom stereocenters. The van der Waals surface area contributed by atoms with Crippen molar-refractivity contribution in [3.63, 3.8) is 0 Å². The molecule has 0 aromatic heterocycles. The molecule has 0 bridgehead atoms. The maximum atomic E-state index is 12.7. The van der Waals surface area contributed by atoms with Crippen LogP contribution in [0.3, 0.4) is 0 Å². The number of hydrogen-bond donors (Lipinski definition) is 1. The van der Waals surface area contributed by atoms with Crippen LogP contribution in [0.5, 0.6) is 17.2 Å². The Hall–Kier alpha value is -5.24. The van der Waals surface area contributed by atoms with Crippen LogP contribution >= 0.6 is 0 Å². The molecule has 0 saturated heterocycles. The molecule has 4 aromatic rings. The van der Waals surface area contributed by atoms with E-state index in [-0.39, 0.29) is 18.1 Å². The minimum atomic E-state index is -0.609. The molecule has 0 atom stereocenters. The van der Waals surface area contributed by atoms with Crippen molar-refractivity contribution in [3.05, 3.63) is 125 Å². The van der Waals surface area contributed by atoms with Crippen LogP contribution in [0.15, 0.2) is 108 Å². The Morgan fingerprint density at radius 3 is 2.05 bits per heavy atom. The normalized spacial score (nSPS) is 10.6. The monoisotopic (exact) mass is 508 g/mol. The molecule has 1 N–H and O–H groups in total. The van der Waals surface area contributed by atoms with E-state index in [2.05, 4.69) is 10.5 Å². The Labute approximate surface area is 219 Å². The van der Waals surface area contributed by atoms with E-state index in [0.717, 1.165) is 5.56 Å². The SMILES string of the molecule is Cc1cccc(OCC(=O)N/N=C/c2ccc(OC(=O)c3ccccc3)cc2OC(=O)c2ccccc2)c1. The van der Waals surface area contributed by atoms with Gasteiger partial charge in [0.05, 0.1) is 17.3 Å². The van der Waals surface area contributed by atoms with Crippen LogP contribution < -0.4 is 19.6 Å². The predicted octanol–water partition coefficient (Wildman–Crippen LogP) is 4.96. The highest BCUT2D eigenvalue weighted by molar-refractivity contribution is 5.94. The second kappa shape index (κ2) is 12.6. The van der Waals surface area contributed by atoms with E-state index in [1.807, 2.05) is 25.1 Å². The van der Waals surface area contributed by atoms with E-state index in [0.29, 0.717) is 22.4 Å². The summed E-state index contributed by atoms with van der Waals surface area (Å²) in [6.45, 7) is 1.69. The van der Waals surface area contributed by atoms with Crippen molar-refractivity contribution in [2.24, 2.45) is 5.10 Å². The van der Waals surface area contributed by atoms with Gasteiger partial charge in [-0.1, -0.05) is 48.5 Å². The van der Waals surface area contributed by atoms with Gasteiger partial charge in [0.15, 0.2) is 6.61 Å². The molecule has 0 aliphatic rings. The van der Waals surface area contributed by atoms with E-state index in [1.54, 1.807) is 72.8 Å². The largest absolute Gasteiger partial charge is 0.484 e. The highest BCUT2D eigenvalue weighted by atomic mass is 16.5. The number of ether oxygens (including phenoxy) is 3. The van der Waals surface area contributed by atoms with Crippen molar-refractivity contribution >= 4 is 24.1 Å². The number of hydrogen-bond acceptors (Lipinski definition) is 7. The van der Waals surface area contributed by atoms with Crippen molar-refractivity contribution < 1.29 is 28.6 Å². The first kappa shape index (κ1) is 25.8. The summed E-state index contributed by atoms with van der Waals surface area (Å²) in [5.74, 6) is -0.817. The molecule has 4 rings (SSSR count). The van der Waals surface area contributed by atoms with Gasteiger partial charge in [0.25, 0.3) is 5.91 Å². The van der Waals surface area contributed by atoms with Crippen LogP contribution in [0.2, 0.25) is 0 Å². The summed E-state index contributed by atoms with van der Waals surface area (Å²) in [4.78, 5) is 37.3. The lowest BCUT2D eigenvalue weighted by molar-refractivity contribution is -0.123. The van der Waals surface area contributed by atoms with Gasteiger partial charge in [-0.05, 0) is 61.0 Å². The number of amides is 1. The Bertz CT molecular complexity index is 1450. The number of nitrogens with one attached hydrogen (secondary N) is 1. The molecule has 0 spiro atoms. The molecule has 0 saturated carbocycles. The maximum absolute atomic E-state index is 12.7. The lowest BCUT2D eigenvalue weighted by Gasteiger charge is -2.11. The minimum Gasteiger partial charge on any atom is -0.484 e. The molecule has 1 amide bonds. The lowest BCUT2D eigenvalue weighted by atomic mass is 10.2. The zero-order valence-corrected chi connectivity index (χ0v) is 20.5. The Morgan fingerprint density at radius 2 is 1.39 bits per heavy atom. The summed E-state index contributed by atoms with van der Waals surface area (Å²) in [5.41, 5.74) is 4.46. The van der Waals surface area contributed by atoms with Crippen molar-refractivity contribution in [2.75, 3.05) is 6.61 Å². The van der Waals surface area contributed by atoms with Crippen LogP contribution in [-0.4, -0.2) is 30.7 Å². The molecule has 8 nitrogen and oxygen atoms in total. The highest BCUT2D eigenvalue weighted by Crippen LogP contribution is 2.26. The number of rotatable bonds is 9. The number of carbonyl (C=O) groups is 3. The zero-order valence-electron chi connectivity index (χ0n) is 20.5. The van der Waals surface area contributed by atoms with Crippen LogP contribution in [0.4, 0.5) is 0 Å². The summed E-state index contributed by atoms with van der Waals surface area (Å²) in [7, 11) is 0. The second-order valence-corrected chi connectivity index (χ2v) is 8.11. The average Bonchev–Trinajstić information content (AvgIpc) is 2.94. The van der Waals surface area contributed by atoms with Gasteiger partial charge in [-0.2, -0.15) is 5.10 Å². The van der Waals surface area contributed by atoms with Crippen LogP contribution in [0, 0.1) is 6.92 Å². The Kier molecular flexibility index (Phi) is 8.60. The number of nitrogens with zero attached hydrogens (tertiary/aromatic N) is 1. The van der Waals surface area contributed by atoms with Crippen molar-refractivity contribution in [1.29, 1.82) is 0 Å². The maximum Gasteiger partial charge on any atom is 0.343 e. The quantitative estimate of drug-likeness (QED) is 0.148. The molecule has 38 heavy (non-hydrogen) atoms. The molecule has 0 aliphatic heterocycles. The third-order valence-electron chi connectivity index (χ3n) is 5.17. The first-order valence-corrected chi connectivity index (χ1v) is 11.7. The van der Waals surface area contributed by atoms with Gasteiger partial charge in [0.1, 0.15) is 17.2 Å². The van der Waals surface area contributed by atoms with Gasteiger partial charge in [-0.3, -0.25) is 4.79 Å². The second-order valence-electron chi connectivity index (χ2n) is 8.11. The lowest BCUT2D eigenvalue weighted by Crippen LogP contribution is -2.24. The summed E-state index contributed by atoms with van der Waals surface area (Å²) in [6, 6.07) is 28.8. The van der Waals surface area contributed by atoms with Gasteiger partial charge < -0.3 is 14.2 Å². The standard InChI is InChI=1S/C30H24N2O6/c1-21-9-8-14-25(17-21)36-20-28(33)32-31-19-24-15-16-26(37-29(34)22-10-4-2-5-11-22)18-27(24)38-30(35)23-12-6-3-7-13-23/h2-19H,20H2,1H3,(H,32,33)/b31-19+. The van der Waals surface area contributed by atoms with Gasteiger partial charge in [0.2, 0.25) is 0 Å². The number of hydrazone groups is 1. The molecule has 0 radical (unpaired) electrons. The molecule has 8 heteroatoms. The highest BCUT2D eigenvalue weighted by Gasteiger charge is 2.15. The van der Waals surface area contributed by atoms with E-state index >= 15 is 0 Å². The third kappa shape index (κ3) is 7.38. The third-order valence-corrected chi connectivity index (χ3v) is 5.17. The van der Waals surface area contributed by atoms with Gasteiger partial charge in [-0.25, -0.2) is 15.0 Å². The zero-order chi connectivity index (χ0) is 26.7. The number of esters is 2. The molecular weight excluding hydrogens is 484 g/mol. The summed E-state index contributed by atoms with van der Waals surface area (Å²) < 4.78 is 16.5. The summed E-state index contributed by atoms with van der Waals surface area (Å²) >= 11 is 0. The van der Waals surface area contributed by atoms with Gasteiger partial charge >= 0.3 is 11.9 Å². The van der Waals surface area contributed by atoms with Crippen molar-refractivity contribution in [1.82, 2.24) is 5.43 Å². The fourth-order valence-electron chi connectivity index (χ4n) is 3.31. The molecule has 0 heterocycles. The first-order valence-electron chi connectivity index (χ1n) is 11.7. The van der Waals surface area contributed by atoms with Gasteiger partial charge in [0, 0.05) is 11.6 Å². The topological polar surface area (TPSA) is 103 Å². The summed E-state index contributed by atoms with van der Waals surface area (Å²) in [5, 5.41) is 3.95. The average molecular weight is 509 g/mol. The molecular formula is C30H24N2O6. The predicted molar refractivity (Wildman–Crippen MR) is 142 cm³/mol. The Morgan fingerprint density at radius 1 is 0.737 bits per heavy atom.